The van der Waals surface area contributed by atoms with Gasteiger partial charge in [0.1, 0.15) is 17.1 Å². The number of carboxylic acids is 1. The summed E-state index contributed by atoms with van der Waals surface area (Å²) in [5.41, 5.74) is -0.856. The lowest BCUT2D eigenvalue weighted by Crippen LogP contribution is -2.52. The molecule has 0 saturated carbocycles. The summed E-state index contributed by atoms with van der Waals surface area (Å²) in [6.07, 6.45) is 1.05. The normalized spacial score (nSPS) is 14.1. The Hall–Kier alpha value is -1.78. The molecule has 0 saturated heterocycles. The van der Waals surface area contributed by atoms with E-state index >= 15 is 0 Å². The van der Waals surface area contributed by atoms with Crippen LogP contribution in [0.3, 0.4) is 0 Å². The summed E-state index contributed by atoms with van der Waals surface area (Å²) in [5, 5.41) is 11.9. The molecule has 0 aliphatic rings. The van der Waals surface area contributed by atoms with Crippen LogP contribution in [-0.2, 0) is 4.79 Å². The van der Waals surface area contributed by atoms with Gasteiger partial charge in [-0.25, -0.2) is 4.79 Å². The molecular formula is C15H23NO4. The third kappa shape index (κ3) is 3.40. The van der Waals surface area contributed by atoms with Crippen LogP contribution in [0.2, 0.25) is 0 Å². The van der Waals surface area contributed by atoms with Gasteiger partial charge in [-0.2, -0.15) is 0 Å². The Balaban J connectivity index is 2.98. The van der Waals surface area contributed by atoms with Crippen LogP contribution in [0.25, 0.3) is 0 Å². The second-order valence-corrected chi connectivity index (χ2v) is 5.61. The molecule has 1 unspecified atom stereocenters. The number of furan rings is 1. The van der Waals surface area contributed by atoms with Crippen molar-refractivity contribution in [2.24, 2.45) is 0 Å². The molecule has 0 fully saturated rings. The average Bonchev–Trinajstić information content (AvgIpc) is 2.71. The fraction of sp³-hybridized carbons (Fsp3) is 0.600. The maximum absolute atomic E-state index is 12.3. The predicted molar refractivity (Wildman–Crippen MR) is 75.9 cm³/mol. The molecular weight excluding hydrogens is 258 g/mol. The van der Waals surface area contributed by atoms with Crippen molar-refractivity contribution < 1.29 is 19.1 Å². The minimum absolute atomic E-state index is 0.178. The van der Waals surface area contributed by atoms with Gasteiger partial charge in [0.25, 0.3) is 5.91 Å². The molecule has 5 heteroatoms. The summed E-state index contributed by atoms with van der Waals surface area (Å²) in [5.74, 6) is -0.0261. The van der Waals surface area contributed by atoms with Crippen LogP contribution in [0.1, 0.15) is 68.3 Å². The second-order valence-electron chi connectivity index (χ2n) is 5.61. The molecule has 20 heavy (non-hydrogen) atoms. The number of carboxylic acid groups (broad SMARTS) is 1. The molecule has 1 aromatic rings. The quantitative estimate of drug-likeness (QED) is 0.839. The number of hydrogen-bond donors (Lipinski definition) is 2. The van der Waals surface area contributed by atoms with Crippen LogP contribution in [0.15, 0.2) is 10.5 Å². The van der Waals surface area contributed by atoms with Crippen molar-refractivity contribution in [2.45, 2.75) is 58.9 Å². The van der Waals surface area contributed by atoms with Gasteiger partial charge in [-0.1, -0.05) is 27.2 Å². The third-order valence-electron chi connectivity index (χ3n) is 3.36. The van der Waals surface area contributed by atoms with Crippen LogP contribution >= 0.6 is 0 Å². The van der Waals surface area contributed by atoms with Crippen LogP contribution < -0.4 is 5.32 Å². The van der Waals surface area contributed by atoms with Crippen molar-refractivity contribution >= 4 is 11.9 Å². The lowest BCUT2D eigenvalue weighted by Gasteiger charge is -2.25. The zero-order valence-corrected chi connectivity index (χ0v) is 12.7. The van der Waals surface area contributed by atoms with Crippen LogP contribution in [0, 0.1) is 6.92 Å². The molecule has 0 spiro atoms. The molecule has 0 aliphatic heterocycles. The van der Waals surface area contributed by atoms with Gasteiger partial charge in [0, 0.05) is 5.92 Å². The molecule has 1 heterocycles. The standard InChI is InChI=1S/C15H23NO4/c1-6-7-15(5,14(18)19)16-13(17)11-8-12(9(2)3)20-10(11)4/h8-9H,6-7H2,1-5H3,(H,16,17)(H,18,19). The maximum Gasteiger partial charge on any atom is 0.329 e. The predicted octanol–water partition coefficient (Wildman–Crippen LogP) is 3.08. The zero-order valence-electron chi connectivity index (χ0n) is 12.7. The smallest absolute Gasteiger partial charge is 0.329 e. The molecule has 1 aromatic heterocycles. The summed E-state index contributed by atoms with van der Waals surface area (Å²) < 4.78 is 5.52. The Morgan fingerprint density at radius 2 is 2.05 bits per heavy atom. The Kier molecular flexibility index (Phi) is 4.98. The first-order chi connectivity index (χ1) is 9.21. The van der Waals surface area contributed by atoms with Gasteiger partial charge in [-0.15, -0.1) is 0 Å². The van der Waals surface area contributed by atoms with E-state index in [9.17, 15) is 14.7 Å². The van der Waals surface area contributed by atoms with Gasteiger partial charge in [-0.3, -0.25) is 4.79 Å². The van der Waals surface area contributed by atoms with Crippen LogP contribution in [0.4, 0.5) is 0 Å². The third-order valence-corrected chi connectivity index (χ3v) is 3.36. The summed E-state index contributed by atoms with van der Waals surface area (Å²) >= 11 is 0. The van der Waals surface area contributed by atoms with Gasteiger partial charge in [0.05, 0.1) is 5.56 Å². The first-order valence-electron chi connectivity index (χ1n) is 6.87. The number of aryl methyl sites for hydroxylation is 1. The lowest BCUT2D eigenvalue weighted by molar-refractivity contribution is -0.144. The summed E-state index contributed by atoms with van der Waals surface area (Å²) in [4.78, 5) is 23.6. The van der Waals surface area contributed by atoms with Crippen molar-refractivity contribution in [3.63, 3.8) is 0 Å². The van der Waals surface area contributed by atoms with Crippen molar-refractivity contribution in [3.05, 3.63) is 23.2 Å². The van der Waals surface area contributed by atoms with Crippen molar-refractivity contribution in [1.29, 1.82) is 0 Å². The van der Waals surface area contributed by atoms with Crippen molar-refractivity contribution in [1.82, 2.24) is 5.32 Å². The highest BCUT2D eigenvalue weighted by Gasteiger charge is 2.34. The molecule has 5 nitrogen and oxygen atoms in total. The SMILES string of the molecule is CCCC(C)(NC(=O)c1cc(C(C)C)oc1C)C(=O)O. The lowest BCUT2D eigenvalue weighted by atomic mass is 9.95. The molecule has 0 aliphatic carbocycles. The average molecular weight is 281 g/mol. The molecule has 0 bridgehead atoms. The van der Waals surface area contributed by atoms with Crippen LogP contribution in [-0.4, -0.2) is 22.5 Å². The van der Waals surface area contributed by atoms with E-state index in [0.29, 0.717) is 24.2 Å². The first kappa shape index (κ1) is 16.3. The van der Waals surface area contributed by atoms with E-state index in [0.717, 1.165) is 5.76 Å². The van der Waals surface area contributed by atoms with Crippen LogP contribution in [0.5, 0.6) is 0 Å². The molecule has 1 atom stereocenters. The van der Waals surface area contributed by atoms with Gasteiger partial charge in [-0.05, 0) is 26.3 Å². The maximum atomic E-state index is 12.3. The number of amides is 1. The van der Waals surface area contributed by atoms with E-state index in [1.165, 1.54) is 6.92 Å². The largest absolute Gasteiger partial charge is 0.480 e. The number of nitrogens with one attached hydrogen (secondary N) is 1. The van der Waals surface area contributed by atoms with Gasteiger partial charge in [0.15, 0.2) is 0 Å². The number of rotatable bonds is 6. The molecule has 2 N–H and O–H groups in total. The van der Waals surface area contributed by atoms with E-state index in [-0.39, 0.29) is 5.92 Å². The second kappa shape index (κ2) is 6.11. The monoisotopic (exact) mass is 281 g/mol. The topological polar surface area (TPSA) is 79.5 Å². The van der Waals surface area contributed by atoms with Crippen molar-refractivity contribution in [3.8, 4) is 0 Å². The van der Waals surface area contributed by atoms with E-state index in [2.05, 4.69) is 5.32 Å². The Morgan fingerprint density at radius 3 is 2.45 bits per heavy atom. The molecule has 1 amide bonds. The minimum Gasteiger partial charge on any atom is -0.480 e. The Labute approximate surface area is 119 Å². The zero-order chi connectivity index (χ0) is 15.5. The van der Waals surface area contributed by atoms with Gasteiger partial charge < -0.3 is 14.8 Å². The number of carbonyl (C=O) groups excluding carboxylic acids is 1. The fourth-order valence-corrected chi connectivity index (χ4v) is 2.06. The first-order valence-corrected chi connectivity index (χ1v) is 6.87. The van der Waals surface area contributed by atoms with Crippen molar-refractivity contribution in [2.75, 3.05) is 0 Å². The van der Waals surface area contributed by atoms with E-state index < -0.39 is 17.4 Å². The molecule has 112 valence electrons. The number of hydrogen-bond acceptors (Lipinski definition) is 3. The molecule has 1 rings (SSSR count). The summed E-state index contributed by atoms with van der Waals surface area (Å²) in [6, 6.07) is 1.68. The number of aliphatic carboxylic acids is 1. The van der Waals surface area contributed by atoms with E-state index in [1.54, 1.807) is 13.0 Å². The summed E-state index contributed by atoms with van der Waals surface area (Å²) in [7, 11) is 0. The fourth-order valence-electron chi connectivity index (χ4n) is 2.06. The number of carbonyl (C=O) groups is 2. The Morgan fingerprint density at radius 1 is 1.45 bits per heavy atom. The highest BCUT2D eigenvalue weighted by molar-refractivity contribution is 5.98. The van der Waals surface area contributed by atoms with Gasteiger partial charge in [0.2, 0.25) is 0 Å². The minimum atomic E-state index is -1.26. The highest BCUT2D eigenvalue weighted by atomic mass is 16.4. The summed E-state index contributed by atoms with van der Waals surface area (Å²) in [6.45, 7) is 9.05. The van der Waals surface area contributed by atoms with E-state index in [1.807, 2.05) is 20.8 Å². The molecule has 0 radical (unpaired) electrons. The Bertz CT molecular complexity index is 504. The van der Waals surface area contributed by atoms with Gasteiger partial charge >= 0.3 is 5.97 Å². The van der Waals surface area contributed by atoms with E-state index in [4.69, 9.17) is 4.42 Å². The molecule has 0 aromatic carbocycles. The highest BCUT2D eigenvalue weighted by Crippen LogP contribution is 2.23.